The van der Waals surface area contributed by atoms with Crippen molar-refractivity contribution in [3.8, 4) is 0 Å². The van der Waals surface area contributed by atoms with Gasteiger partial charge in [-0.3, -0.25) is 9.69 Å². The average Bonchev–Trinajstić information content (AvgIpc) is 2.53. The van der Waals surface area contributed by atoms with Crippen molar-refractivity contribution in [2.45, 2.75) is 32.7 Å². The molecule has 3 nitrogen and oxygen atoms in total. The molecule has 1 saturated heterocycles. The zero-order chi connectivity index (χ0) is 15.4. The summed E-state index contributed by atoms with van der Waals surface area (Å²) in [7, 11) is 0. The average molecular weight is 309 g/mol. The monoisotopic (exact) mass is 308 g/mol. The molecule has 4 heteroatoms. The Labute approximate surface area is 132 Å². The van der Waals surface area contributed by atoms with E-state index in [2.05, 4.69) is 49.9 Å². The first-order chi connectivity index (χ1) is 10.0. The minimum absolute atomic E-state index is 0.0465. The van der Waals surface area contributed by atoms with Gasteiger partial charge in [-0.2, -0.15) is 0 Å². The molecule has 0 aliphatic carbocycles. The Kier molecular flexibility index (Phi) is 5.65. The number of rotatable bonds is 4. The van der Waals surface area contributed by atoms with Gasteiger partial charge in [0.25, 0.3) is 0 Å². The van der Waals surface area contributed by atoms with Gasteiger partial charge in [0.2, 0.25) is 5.91 Å². The molecule has 0 saturated carbocycles. The Hall–Kier alpha value is -1.06. The first-order valence-corrected chi connectivity index (χ1v) is 8.24. The molecule has 0 unspecified atom stereocenters. The quantitative estimate of drug-likeness (QED) is 0.797. The number of halogens is 1. The molecule has 0 radical (unpaired) electrons. The van der Waals surface area contributed by atoms with E-state index in [0.717, 1.165) is 26.2 Å². The number of carbonyl (C=O) groups is 1. The van der Waals surface area contributed by atoms with Gasteiger partial charge < -0.3 is 4.90 Å². The second-order valence-corrected chi connectivity index (χ2v) is 6.31. The van der Waals surface area contributed by atoms with Crippen LogP contribution < -0.4 is 0 Å². The lowest BCUT2D eigenvalue weighted by Crippen LogP contribution is -2.49. The molecule has 1 aliphatic rings. The van der Waals surface area contributed by atoms with Crippen LogP contribution in [-0.4, -0.2) is 47.8 Å². The minimum Gasteiger partial charge on any atom is -0.339 e. The van der Waals surface area contributed by atoms with Crippen LogP contribution in [0.15, 0.2) is 24.3 Å². The lowest BCUT2D eigenvalue weighted by atomic mass is 9.99. The molecule has 1 aromatic carbocycles. The van der Waals surface area contributed by atoms with E-state index in [4.69, 9.17) is 11.6 Å². The number of benzene rings is 1. The van der Waals surface area contributed by atoms with E-state index in [0.29, 0.717) is 12.0 Å². The molecule has 21 heavy (non-hydrogen) atoms. The van der Waals surface area contributed by atoms with Crippen molar-refractivity contribution in [2.24, 2.45) is 0 Å². The molecule has 0 bridgehead atoms. The van der Waals surface area contributed by atoms with Crippen LogP contribution in [0.25, 0.3) is 0 Å². The second kappa shape index (κ2) is 7.28. The molecular formula is C17H25ClN2O. The van der Waals surface area contributed by atoms with Gasteiger partial charge in [-0.25, -0.2) is 0 Å². The Morgan fingerprint density at radius 3 is 2.05 bits per heavy atom. The highest BCUT2D eigenvalue weighted by atomic mass is 35.5. The molecular weight excluding hydrogens is 284 g/mol. The van der Waals surface area contributed by atoms with E-state index in [1.165, 1.54) is 11.1 Å². The normalized spacial score (nSPS) is 18.0. The number of alkyl halides is 1. The van der Waals surface area contributed by atoms with E-state index in [-0.39, 0.29) is 11.8 Å². The summed E-state index contributed by atoms with van der Waals surface area (Å²) in [6, 6.07) is 9.31. The van der Waals surface area contributed by atoms with Gasteiger partial charge in [0.1, 0.15) is 5.88 Å². The van der Waals surface area contributed by atoms with Gasteiger partial charge in [0.15, 0.2) is 0 Å². The van der Waals surface area contributed by atoms with E-state index in [1.807, 2.05) is 4.90 Å². The van der Waals surface area contributed by atoms with Crippen LogP contribution >= 0.6 is 11.6 Å². The van der Waals surface area contributed by atoms with Gasteiger partial charge in [-0.1, -0.05) is 38.1 Å². The van der Waals surface area contributed by atoms with Gasteiger partial charge in [-0.15, -0.1) is 11.6 Å². The lowest BCUT2D eigenvalue weighted by molar-refractivity contribution is -0.130. The molecule has 1 atom stereocenters. The molecule has 2 rings (SSSR count). The maximum absolute atomic E-state index is 11.6. The van der Waals surface area contributed by atoms with Crippen molar-refractivity contribution >= 4 is 17.5 Å². The smallest absolute Gasteiger partial charge is 0.237 e. The molecule has 1 aromatic rings. The van der Waals surface area contributed by atoms with Crippen LogP contribution in [0.4, 0.5) is 0 Å². The fourth-order valence-corrected chi connectivity index (χ4v) is 2.98. The lowest BCUT2D eigenvalue weighted by Gasteiger charge is -2.38. The summed E-state index contributed by atoms with van der Waals surface area (Å²) in [5, 5.41) is 0. The number of carbonyl (C=O) groups excluding carboxylic acids is 1. The number of piperazine rings is 1. The number of amides is 1. The summed E-state index contributed by atoms with van der Waals surface area (Å²) in [5.74, 6) is 0.705. The van der Waals surface area contributed by atoms with Crippen molar-refractivity contribution in [1.29, 1.82) is 0 Å². The van der Waals surface area contributed by atoms with Crippen molar-refractivity contribution in [2.75, 3.05) is 32.1 Å². The van der Waals surface area contributed by atoms with Crippen molar-refractivity contribution in [1.82, 2.24) is 9.80 Å². The Bertz CT molecular complexity index is 464. The maximum Gasteiger partial charge on any atom is 0.237 e. The summed E-state index contributed by atoms with van der Waals surface area (Å²) >= 11 is 5.62. The first kappa shape index (κ1) is 16.3. The highest BCUT2D eigenvalue weighted by Gasteiger charge is 2.24. The summed E-state index contributed by atoms with van der Waals surface area (Å²) in [6.07, 6.45) is 0. The zero-order valence-electron chi connectivity index (χ0n) is 13.2. The van der Waals surface area contributed by atoms with E-state index in [9.17, 15) is 4.79 Å². The van der Waals surface area contributed by atoms with Crippen LogP contribution in [-0.2, 0) is 4.79 Å². The maximum atomic E-state index is 11.6. The number of nitrogens with zero attached hydrogens (tertiary/aromatic N) is 2. The van der Waals surface area contributed by atoms with E-state index in [1.54, 1.807) is 0 Å². The number of hydrogen-bond donors (Lipinski definition) is 0. The Balaban J connectivity index is 1.95. The van der Waals surface area contributed by atoms with Gasteiger partial charge in [0.05, 0.1) is 0 Å². The third kappa shape index (κ3) is 3.98. The SMILES string of the molecule is CC(C)c1ccc([C@@H](C)N2CCN(C(=O)CCl)CC2)cc1. The van der Waals surface area contributed by atoms with Crippen LogP contribution in [0, 0.1) is 0 Å². The third-order valence-electron chi connectivity index (χ3n) is 4.41. The second-order valence-electron chi connectivity index (χ2n) is 6.05. The van der Waals surface area contributed by atoms with E-state index >= 15 is 0 Å². The van der Waals surface area contributed by atoms with Crippen LogP contribution in [0.1, 0.15) is 43.9 Å². The predicted molar refractivity (Wildman–Crippen MR) is 87.8 cm³/mol. The molecule has 0 N–H and O–H groups in total. The van der Waals surface area contributed by atoms with Gasteiger partial charge in [0, 0.05) is 32.2 Å². The highest BCUT2D eigenvalue weighted by Crippen LogP contribution is 2.24. The molecule has 116 valence electrons. The molecule has 1 heterocycles. The van der Waals surface area contributed by atoms with Crippen molar-refractivity contribution in [3.63, 3.8) is 0 Å². The van der Waals surface area contributed by atoms with Crippen molar-refractivity contribution < 1.29 is 4.79 Å². The Morgan fingerprint density at radius 1 is 1.05 bits per heavy atom. The predicted octanol–water partition coefficient (Wildman–Crippen LogP) is 3.25. The highest BCUT2D eigenvalue weighted by molar-refractivity contribution is 6.27. The van der Waals surface area contributed by atoms with Crippen LogP contribution in [0.5, 0.6) is 0 Å². The topological polar surface area (TPSA) is 23.6 Å². The summed E-state index contributed by atoms with van der Waals surface area (Å²) in [6.45, 7) is 10.0. The standard InChI is InChI=1S/C17H25ClN2O/c1-13(2)15-4-6-16(7-5-15)14(3)19-8-10-20(11-9-19)17(21)12-18/h4-7,13-14H,8-12H2,1-3H3/t14-/m1/s1. The first-order valence-electron chi connectivity index (χ1n) is 7.70. The van der Waals surface area contributed by atoms with Gasteiger partial charge in [-0.05, 0) is 24.0 Å². The largest absolute Gasteiger partial charge is 0.339 e. The molecule has 0 aromatic heterocycles. The van der Waals surface area contributed by atoms with Crippen molar-refractivity contribution in [3.05, 3.63) is 35.4 Å². The fraction of sp³-hybridized carbons (Fsp3) is 0.588. The zero-order valence-corrected chi connectivity index (χ0v) is 13.9. The minimum atomic E-state index is 0.0465. The molecule has 0 spiro atoms. The number of hydrogen-bond acceptors (Lipinski definition) is 2. The third-order valence-corrected chi connectivity index (χ3v) is 4.64. The fourth-order valence-electron chi connectivity index (χ4n) is 2.81. The molecule has 1 aliphatic heterocycles. The Morgan fingerprint density at radius 2 is 1.57 bits per heavy atom. The molecule has 1 fully saturated rings. The summed E-state index contributed by atoms with van der Waals surface area (Å²) < 4.78 is 0. The molecule has 1 amide bonds. The van der Waals surface area contributed by atoms with Crippen LogP contribution in [0.2, 0.25) is 0 Å². The summed E-state index contributed by atoms with van der Waals surface area (Å²) in [5.41, 5.74) is 2.72. The van der Waals surface area contributed by atoms with E-state index < -0.39 is 0 Å². The summed E-state index contributed by atoms with van der Waals surface area (Å²) in [4.78, 5) is 15.9. The van der Waals surface area contributed by atoms with Crippen LogP contribution in [0.3, 0.4) is 0 Å². The van der Waals surface area contributed by atoms with Gasteiger partial charge >= 0.3 is 0 Å².